The van der Waals surface area contributed by atoms with Gasteiger partial charge in [0.2, 0.25) is 0 Å². The second-order valence-corrected chi connectivity index (χ2v) is 8.00. The molecular formula is C19H27NO. The van der Waals surface area contributed by atoms with E-state index in [0.717, 1.165) is 23.5 Å². The summed E-state index contributed by atoms with van der Waals surface area (Å²) in [5, 5.41) is 0. The smallest absolute Gasteiger partial charge is 0.119 e. The summed E-state index contributed by atoms with van der Waals surface area (Å²) in [6, 6.07) is 8.50. The molecule has 2 N–H and O–H groups in total. The minimum atomic E-state index is 0.163. The zero-order chi connectivity index (χ0) is 14.4. The van der Waals surface area contributed by atoms with Crippen LogP contribution in [0.3, 0.4) is 0 Å². The molecule has 4 fully saturated rings. The first-order valence-corrected chi connectivity index (χ1v) is 8.55. The van der Waals surface area contributed by atoms with Gasteiger partial charge in [-0.25, -0.2) is 0 Å². The monoisotopic (exact) mass is 285 g/mol. The van der Waals surface area contributed by atoms with Crippen molar-refractivity contribution in [3.8, 4) is 5.75 Å². The molecule has 0 heterocycles. The molecule has 4 saturated carbocycles. The fraction of sp³-hybridized carbons (Fsp3) is 0.684. The molecule has 4 bridgehead atoms. The topological polar surface area (TPSA) is 35.2 Å². The number of methoxy groups -OCH3 is 1. The highest BCUT2D eigenvalue weighted by Gasteiger charge is 2.51. The average Bonchev–Trinajstić information content (AvgIpc) is 2.45. The summed E-state index contributed by atoms with van der Waals surface area (Å²) in [7, 11) is 1.73. The normalized spacial score (nSPS) is 38.5. The van der Waals surface area contributed by atoms with E-state index < -0.39 is 0 Å². The predicted molar refractivity (Wildman–Crippen MR) is 85.1 cm³/mol. The third-order valence-corrected chi connectivity index (χ3v) is 6.34. The Labute approximate surface area is 128 Å². The summed E-state index contributed by atoms with van der Waals surface area (Å²) in [6.07, 6.45) is 10.0. The van der Waals surface area contributed by atoms with Gasteiger partial charge >= 0.3 is 0 Å². The van der Waals surface area contributed by atoms with Crippen LogP contribution in [0.5, 0.6) is 5.75 Å². The van der Waals surface area contributed by atoms with Crippen LogP contribution in [0.15, 0.2) is 24.3 Å². The van der Waals surface area contributed by atoms with Crippen molar-refractivity contribution in [2.45, 2.75) is 51.0 Å². The van der Waals surface area contributed by atoms with Gasteiger partial charge in [-0.3, -0.25) is 0 Å². The summed E-state index contributed by atoms with van der Waals surface area (Å²) in [5.74, 6) is 3.95. The lowest BCUT2D eigenvalue weighted by Crippen LogP contribution is -2.47. The van der Waals surface area contributed by atoms with E-state index >= 15 is 0 Å². The largest absolute Gasteiger partial charge is 0.497 e. The summed E-state index contributed by atoms with van der Waals surface area (Å²) in [6.45, 7) is 0. The van der Waals surface area contributed by atoms with E-state index in [4.69, 9.17) is 10.5 Å². The fourth-order valence-corrected chi connectivity index (χ4v) is 6.00. The fourth-order valence-electron chi connectivity index (χ4n) is 6.00. The van der Waals surface area contributed by atoms with Gasteiger partial charge in [-0.1, -0.05) is 12.1 Å². The number of nitrogens with two attached hydrogens (primary N) is 1. The molecule has 0 amide bonds. The Morgan fingerprint density at radius 1 is 1.14 bits per heavy atom. The minimum Gasteiger partial charge on any atom is -0.497 e. The Balaban J connectivity index is 1.52. The number of ether oxygens (including phenoxy) is 1. The Kier molecular flexibility index (Phi) is 3.25. The molecule has 1 aromatic rings. The second kappa shape index (κ2) is 5.01. The van der Waals surface area contributed by atoms with Gasteiger partial charge in [0.1, 0.15) is 5.75 Å². The zero-order valence-electron chi connectivity index (χ0n) is 13.1. The molecule has 1 atom stereocenters. The highest BCUT2D eigenvalue weighted by Crippen LogP contribution is 2.62. The highest BCUT2D eigenvalue weighted by atomic mass is 16.5. The lowest BCUT2D eigenvalue weighted by atomic mass is 9.48. The SMILES string of the molecule is COc1cccc(C(N)CC23CC4CC(CC(C4)C2)C3)c1. The van der Waals surface area contributed by atoms with Crippen LogP contribution in [-0.4, -0.2) is 7.11 Å². The molecule has 1 aromatic carbocycles. The maximum absolute atomic E-state index is 6.58. The molecule has 0 saturated heterocycles. The van der Waals surface area contributed by atoms with Crippen molar-refractivity contribution >= 4 is 0 Å². The van der Waals surface area contributed by atoms with Crippen molar-refractivity contribution in [3.05, 3.63) is 29.8 Å². The molecule has 5 rings (SSSR count). The third kappa shape index (κ3) is 2.48. The van der Waals surface area contributed by atoms with Gasteiger partial charge < -0.3 is 10.5 Å². The van der Waals surface area contributed by atoms with Crippen LogP contribution >= 0.6 is 0 Å². The molecule has 2 nitrogen and oxygen atoms in total. The van der Waals surface area contributed by atoms with Crippen LogP contribution in [0, 0.1) is 23.2 Å². The van der Waals surface area contributed by atoms with Gasteiger partial charge in [-0.05, 0) is 85.8 Å². The third-order valence-electron chi connectivity index (χ3n) is 6.34. The minimum absolute atomic E-state index is 0.163. The first kappa shape index (κ1) is 13.6. The first-order chi connectivity index (χ1) is 10.2. The van der Waals surface area contributed by atoms with Gasteiger partial charge in [0.05, 0.1) is 7.11 Å². The number of benzene rings is 1. The van der Waals surface area contributed by atoms with Crippen LogP contribution in [0.25, 0.3) is 0 Å². The molecule has 4 aliphatic rings. The van der Waals surface area contributed by atoms with Gasteiger partial charge in [-0.2, -0.15) is 0 Å². The van der Waals surface area contributed by atoms with E-state index in [0.29, 0.717) is 5.41 Å². The van der Waals surface area contributed by atoms with E-state index in [-0.39, 0.29) is 6.04 Å². The molecule has 4 aliphatic carbocycles. The number of hydrogen-bond donors (Lipinski definition) is 1. The van der Waals surface area contributed by atoms with Crippen LogP contribution < -0.4 is 10.5 Å². The molecule has 0 aliphatic heterocycles. The van der Waals surface area contributed by atoms with E-state index in [1.807, 2.05) is 6.07 Å². The molecular weight excluding hydrogens is 258 g/mol. The standard InChI is InChI=1S/C19H27NO/c1-21-17-4-2-3-16(8-17)18(20)12-19-9-13-5-14(10-19)7-15(6-13)11-19/h2-4,8,13-15,18H,5-7,9-12,20H2,1H3. The van der Waals surface area contributed by atoms with E-state index in [9.17, 15) is 0 Å². The number of rotatable bonds is 4. The van der Waals surface area contributed by atoms with Crippen LogP contribution in [0.1, 0.15) is 56.6 Å². The van der Waals surface area contributed by atoms with Crippen LogP contribution in [-0.2, 0) is 0 Å². The lowest BCUT2D eigenvalue weighted by Gasteiger charge is -2.57. The molecule has 0 radical (unpaired) electrons. The van der Waals surface area contributed by atoms with Crippen molar-refractivity contribution in [2.24, 2.45) is 28.9 Å². The van der Waals surface area contributed by atoms with Crippen molar-refractivity contribution in [2.75, 3.05) is 7.11 Å². The summed E-state index contributed by atoms with van der Waals surface area (Å²) in [5.41, 5.74) is 8.38. The summed E-state index contributed by atoms with van der Waals surface area (Å²) in [4.78, 5) is 0. The lowest BCUT2D eigenvalue weighted by molar-refractivity contribution is -0.0605. The highest BCUT2D eigenvalue weighted by molar-refractivity contribution is 5.30. The van der Waals surface area contributed by atoms with Gasteiger partial charge in [0, 0.05) is 6.04 Å². The Hall–Kier alpha value is -1.02. The van der Waals surface area contributed by atoms with Gasteiger partial charge in [0.25, 0.3) is 0 Å². The predicted octanol–water partition coefficient (Wildman–Crippen LogP) is 4.30. The maximum Gasteiger partial charge on any atom is 0.119 e. The van der Waals surface area contributed by atoms with E-state index in [1.165, 1.54) is 50.5 Å². The van der Waals surface area contributed by atoms with E-state index in [1.54, 1.807) is 7.11 Å². The first-order valence-electron chi connectivity index (χ1n) is 8.55. The molecule has 1 unspecified atom stereocenters. The Morgan fingerprint density at radius 2 is 1.76 bits per heavy atom. The Bertz CT molecular complexity index is 489. The molecule has 2 heteroatoms. The zero-order valence-corrected chi connectivity index (χ0v) is 13.1. The number of hydrogen-bond acceptors (Lipinski definition) is 2. The van der Waals surface area contributed by atoms with Crippen LogP contribution in [0.2, 0.25) is 0 Å². The van der Waals surface area contributed by atoms with Crippen molar-refractivity contribution in [3.63, 3.8) is 0 Å². The molecule has 114 valence electrons. The average molecular weight is 285 g/mol. The quantitative estimate of drug-likeness (QED) is 0.895. The van der Waals surface area contributed by atoms with Crippen molar-refractivity contribution in [1.82, 2.24) is 0 Å². The molecule has 0 aromatic heterocycles. The van der Waals surface area contributed by atoms with Crippen LogP contribution in [0.4, 0.5) is 0 Å². The summed E-state index contributed by atoms with van der Waals surface area (Å²) >= 11 is 0. The van der Waals surface area contributed by atoms with Crippen molar-refractivity contribution < 1.29 is 4.74 Å². The Morgan fingerprint density at radius 3 is 2.33 bits per heavy atom. The summed E-state index contributed by atoms with van der Waals surface area (Å²) < 4.78 is 5.34. The molecule has 21 heavy (non-hydrogen) atoms. The van der Waals surface area contributed by atoms with Crippen molar-refractivity contribution in [1.29, 1.82) is 0 Å². The molecule has 0 spiro atoms. The van der Waals surface area contributed by atoms with Gasteiger partial charge in [0.15, 0.2) is 0 Å². The van der Waals surface area contributed by atoms with Gasteiger partial charge in [-0.15, -0.1) is 0 Å². The van der Waals surface area contributed by atoms with E-state index in [2.05, 4.69) is 18.2 Å². The second-order valence-electron chi connectivity index (χ2n) is 8.00. The maximum atomic E-state index is 6.58.